The first-order chi connectivity index (χ1) is 9.67. The number of alkyl carbamates (subject to hydrolysis) is 1. The topological polar surface area (TPSA) is 76.1 Å². The number of anilines is 1. The molecule has 0 spiro atoms. The third-order valence-corrected chi connectivity index (χ3v) is 2.81. The van der Waals surface area contributed by atoms with Gasteiger partial charge in [0, 0.05) is 18.3 Å². The molecule has 0 aliphatic carbocycles. The van der Waals surface area contributed by atoms with Crippen LogP contribution in [0.25, 0.3) is 0 Å². The SMILES string of the molecule is Cc1cc(NCC(NC(=O)OC(C)(C)C)C(C)C)ncn1. The standard InChI is InChI=1S/C15H26N4O2/c1-10(2)12(19-14(20)21-15(4,5)6)8-16-13-7-11(3)17-9-18-13/h7,9-10,12H,8H2,1-6H3,(H,19,20)(H,16,17,18). The van der Waals surface area contributed by atoms with E-state index in [9.17, 15) is 4.79 Å². The predicted molar refractivity (Wildman–Crippen MR) is 83.3 cm³/mol. The smallest absolute Gasteiger partial charge is 0.407 e. The molecule has 0 aromatic carbocycles. The van der Waals surface area contributed by atoms with Gasteiger partial charge in [-0.05, 0) is 33.6 Å². The second kappa shape index (κ2) is 7.24. The van der Waals surface area contributed by atoms with Crippen molar-refractivity contribution in [2.24, 2.45) is 5.92 Å². The van der Waals surface area contributed by atoms with Crippen LogP contribution >= 0.6 is 0 Å². The average Bonchev–Trinajstić information content (AvgIpc) is 2.32. The number of carbonyl (C=O) groups excluding carboxylic acids is 1. The molecular weight excluding hydrogens is 268 g/mol. The second-order valence-corrected chi connectivity index (χ2v) is 6.42. The third-order valence-electron chi connectivity index (χ3n) is 2.81. The number of hydrogen-bond acceptors (Lipinski definition) is 5. The molecule has 0 aliphatic heterocycles. The Morgan fingerprint density at radius 1 is 1.33 bits per heavy atom. The van der Waals surface area contributed by atoms with E-state index in [-0.39, 0.29) is 12.0 Å². The monoisotopic (exact) mass is 294 g/mol. The van der Waals surface area contributed by atoms with Gasteiger partial charge in [-0.3, -0.25) is 0 Å². The Hall–Kier alpha value is -1.85. The number of rotatable bonds is 5. The van der Waals surface area contributed by atoms with Crippen LogP contribution in [-0.4, -0.2) is 34.2 Å². The first-order valence-electron chi connectivity index (χ1n) is 7.19. The van der Waals surface area contributed by atoms with Gasteiger partial charge in [-0.2, -0.15) is 0 Å². The number of amides is 1. The second-order valence-electron chi connectivity index (χ2n) is 6.42. The van der Waals surface area contributed by atoms with Crippen LogP contribution in [0, 0.1) is 12.8 Å². The van der Waals surface area contributed by atoms with E-state index < -0.39 is 11.7 Å². The van der Waals surface area contributed by atoms with Crippen molar-refractivity contribution in [3.63, 3.8) is 0 Å². The van der Waals surface area contributed by atoms with E-state index in [1.807, 2.05) is 33.8 Å². The Morgan fingerprint density at radius 2 is 2.00 bits per heavy atom. The number of carbonyl (C=O) groups is 1. The Morgan fingerprint density at radius 3 is 2.52 bits per heavy atom. The summed E-state index contributed by atoms with van der Waals surface area (Å²) < 4.78 is 5.29. The molecule has 0 saturated heterocycles. The lowest BCUT2D eigenvalue weighted by molar-refractivity contribution is 0.0494. The fourth-order valence-electron chi connectivity index (χ4n) is 1.68. The number of nitrogens with one attached hydrogen (secondary N) is 2. The summed E-state index contributed by atoms with van der Waals surface area (Å²) in [7, 11) is 0. The van der Waals surface area contributed by atoms with Gasteiger partial charge in [-0.25, -0.2) is 14.8 Å². The molecule has 21 heavy (non-hydrogen) atoms. The van der Waals surface area contributed by atoms with Gasteiger partial charge in [0.05, 0.1) is 6.04 Å². The van der Waals surface area contributed by atoms with E-state index in [4.69, 9.17) is 4.74 Å². The van der Waals surface area contributed by atoms with Crippen LogP contribution in [-0.2, 0) is 4.74 Å². The van der Waals surface area contributed by atoms with Crippen molar-refractivity contribution >= 4 is 11.9 Å². The molecule has 1 amide bonds. The maximum atomic E-state index is 11.9. The summed E-state index contributed by atoms with van der Waals surface area (Å²) in [5.41, 5.74) is 0.400. The molecule has 6 heteroatoms. The summed E-state index contributed by atoms with van der Waals surface area (Å²) in [6, 6.07) is 1.82. The minimum absolute atomic E-state index is 0.0462. The molecule has 1 aromatic heterocycles. The normalized spacial score (nSPS) is 12.9. The summed E-state index contributed by atoms with van der Waals surface area (Å²) in [5.74, 6) is 1.02. The zero-order valence-electron chi connectivity index (χ0n) is 13.7. The van der Waals surface area contributed by atoms with Gasteiger partial charge in [0.2, 0.25) is 0 Å². The van der Waals surface area contributed by atoms with Crippen LogP contribution in [0.1, 0.15) is 40.3 Å². The summed E-state index contributed by atoms with van der Waals surface area (Å²) in [6.45, 7) is 12.1. The minimum atomic E-state index is -0.497. The lowest BCUT2D eigenvalue weighted by Crippen LogP contribution is -2.45. The number of ether oxygens (including phenoxy) is 1. The molecule has 118 valence electrons. The lowest BCUT2D eigenvalue weighted by atomic mass is 10.0. The summed E-state index contributed by atoms with van der Waals surface area (Å²) in [4.78, 5) is 20.0. The van der Waals surface area contributed by atoms with Gasteiger partial charge in [-0.1, -0.05) is 13.8 Å². The predicted octanol–water partition coefficient (Wildman–Crippen LogP) is 2.75. The Kier molecular flexibility index (Phi) is 5.93. The highest BCUT2D eigenvalue weighted by Gasteiger charge is 2.21. The van der Waals surface area contributed by atoms with Crippen LogP contribution < -0.4 is 10.6 Å². The van der Waals surface area contributed by atoms with Crippen LogP contribution in [0.15, 0.2) is 12.4 Å². The van der Waals surface area contributed by atoms with Crippen LogP contribution in [0.3, 0.4) is 0 Å². The summed E-state index contributed by atoms with van der Waals surface area (Å²) in [6.07, 6.45) is 1.12. The van der Waals surface area contributed by atoms with Gasteiger partial charge >= 0.3 is 6.09 Å². The number of aryl methyl sites for hydroxylation is 1. The van der Waals surface area contributed by atoms with Crippen LogP contribution in [0.5, 0.6) is 0 Å². The Balaban J connectivity index is 2.56. The molecule has 6 nitrogen and oxygen atoms in total. The van der Waals surface area contributed by atoms with Crippen molar-refractivity contribution < 1.29 is 9.53 Å². The van der Waals surface area contributed by atoms with Gasteiger partial charge < -0.3 is 15.4 Å². The van der Waals surface area contributed by atoms with E-state index in [0.29, 0.717) is 6.54 Å². The zero-order valence-corrected chi connectivity index (χ0v) is 13.7. The molecule has 0 fully saturated rings. The van der Waals surface area contributed by atoms with Gasteiger partial charge in [0.1, 0.15) is 17.7 Å². The van der Waals surface area contributed by atoms with Crippen molar-refractivity contribution in [1.82, 2.24) is 15.3 Å². The van der Waals surface area contributed by atoms with Gasteiger partial charge in [0.15, 0.2) is 0 Å². The quantitative estimate of drug-likeness (QED) is 0.873. The van der Waals surface area contributed by atoms with Crippen LogP contribution in [0.4, 0.5) is 10.6 Å². The maximum Gasteiger partial charge on any atom is 0.407 e. The Bertz CT molecular complexity index is 469. The molecule has 0 aliphatic rings. The van der Waals surface area contributed by atoms with Crippen molar-refractivity contribution in [2.75, 3.05) is 11.9 Å². The lowest BCUT2D eigenvalue weighted by Gasteiger charge is -2.26. The third kappa shape index (κ3) is 6.92. The van der Waals surface area contributed by atoms with Crippen molar-refractivity contribution in [3.05, 3.63) is 18.1 Å². The highest BCUT2D eigenvalue weighted by Crippen LogP contribution is 2.10. The largest absolute Gasteiger partial charge is 0.444 e. The molecule has 1 unspecified atom stereocenters. The average molecular weight is 294 g/mol. The van der Waals surface area contributed by atoms with E-state index >= 15 is 0 Å². The van der Waals surface area contributed by atoms with Crippen molar-refractivity contribution in [2.45, 2.75) is 53.2 Å². The molecule has 0 radical (unpaired) electrons. The fourth-order valence-corrected chi connectivity index (χ4v) is 1.68. The molecule has 1 heterocycles. The van der Waals surface area contributed by atoms with Gasteiger partial charge in [-0.15, -0.1) is 0 Å². The van der Waals surface area contributed by atoms with E-state index in [1.165, 1.54) is 6.33 Å². The zero-order chi connectivity index (χ0) is 16.0. The van der Waals surface area contributed by atoms with Crippen molar-refractivity contribution in [1.29, 1.82) is 0 Å². The van der Waals surface area contributed by atoms with Crippen LogP contribution in [0.2, 0.25) is 0 Å². The molecule has 2 N–H and O–H groups in total. The van der Waals surface area contributed by atoms with E-state index in [1.54, 1.807) is 0 Å². The van der Waals surface area contributed by atoms with Gasteiger partial charge in [0.25, 0.3) is 0 Å². The number of aromatic nitrogens is 2. The Labute approximate surface area is 126 Å². The van der Waals surface area contributed by atoms with Crippen molar-refractivity contribution in [3.8, 4) is 0 Å². The highest BCUT2D eigenvalue weighted by molar-refractivity contribution is 5.68. The summed E-state index contributed by atoms with van der Waals surface area (Å²) in [5, 5.41) is 6.10. The number of nitrogens with zero attached hydrogens (tertiary/aromatic N) is 2. The molecule has 1 aromatic rings. The molecule has 1 atom stereocenters. The van der Waals surface area contributed by atoms with E-state index in [0.717, 1.165) is 11.5 Å². The summed E-state index contributed by atoms with van der Waals surface area (Å²) >= 11 is 0. The minimum Gasteiger partial charge on any atom is -0.444 e. The maximum absolute atomic E-state index is 11.9. The molecule has 0 bridgehead atoms. The number of hydrogen-bond donors (Lipinski definition) is 2. The first-order valence-corrected chi connectivity index (χ1v) is 7.19. The highest BCUT2D eigenvalue weighted by atomic mass is 16.6. The molecule has 0 saturated carbocycles. The van der Waals surface area contributed by atoms with E-state index in [2.05, 4.69) is 34.4 Å². The first kappa shape index (κ1) is 17.2. The molecule has 1 rings (SSSR count). The molecular formula is C15H26N4O2. The fraction of sp³-hybridized carbons (Fsp3) is 0.667.